The maximum Gasteiger partial charge on any atom is 0.122 e. The van der Waals surface area contributed by atoms with Crippen LogP contribution in [0.4, 0.5) is 0 Å². The van der Waals surface area contributed by atoms with Gasteiger partial charge in [-0.2, -0.15) is 5.10 Å². The highest BCUT2D eigenvalue weighted by Crippen LogP contribution is 2.29. The van der Waals surface area contributed by atoms with Crippen molar-refractivity contribution >= 4 is 0 Å². The maximum atomic E-state index is 5.41. The second kappa shape index (κ2) is 6.75. The van der Waals surface area contributed by atoms with Gasteiger partial charge >= 0.3 is 0 Å². The lowest BCUT2D eigenvalue weighted by molar-refractivity contribution is 0.251. The highest BCUT2D eigenvalue weighted by Gasteiger charge is 2.20. The molecule has 0 amide bonds. The summed E-state index contributed by atoms with van der Waals surface area (Å²) in [5.41, 5.74) is 7.56. The number of hydrogen-bond acceptors (Lipinski definition) is 3. The van der Waals surface area contributed by atoms with Crippen LogP contribution in [0, 0.1) is 27.7 Å². The van der Waals surface area contributed by atoms with E-state index in [0.29, 0.717) is 6.04 Å². The fourth-order valence-corrected chi connectivity index (χ4v) is 3.26. The van der Waals surface area contributed by atoms with Gasteiger partial charge in [-0.3, -0.25) is 9.58 Å². The molecule has 0 aliphatic carbocycles. The van der Waals surface area contributed by atoms with Crippen molar-refractivity contribution in [2.45, 2.75) is 47.2 Å². The topological polar surface area (TPSA) is 30.3 Å². The van der Waals surface area contributed by atoms with Gasteiger partial charge in [0.1, 0.15) is 5.75 Å². The smallest absolute Gasteiger partial charge is 0.122 e. The van der Waals surface area contributed by atoms with Crippen LogP contribution in [0.2, 0.25) is 0 Å². The molecule has 2 aromatic rings. The van der Waals surface area contributed by atoms with Crippen molar-refractivity contribution in [2.24, 2.45) is 7.05 Å². The maximum absolute atomic E-state index is 5.41. The Labute approximate surface area is 140 Å². The highest BCUT2D eigenvalue weighted by molar-refractivity contribution is 5.43. The molecule has 23 heavy (non-hydrogen) atoms. The molecule has 4 heteroatoms. The van der Waals surface area contributed by atoms with Gasteiger partial charge < -0.3 is 4.74 Å². The molecule has 1 aromatic heterocycles. The molecule has 1 unspecified atom stereocenters. The number of ether oxygens (including phenoxy) is 1. The fourth-order valence-electron chi connectivity index (χ4n) is 3.26. The van der Waals surface area contributed by atoms with Crippen molar-refractivity contribution in [3.05, 3.63) is 45.8 Å². The summed E-state index contributed by atoms with van der Waals surface area (Å²) in [6, 6.07) is 4.56. The lowest BCUT2D eigenvalue weighted by Gasteiger charge is -2.26. The zero-order valence-electron chi connectivity index (χ0n) is 15.7. The van der Waals surface area contributed by atoms with E-state index in [1.165, 1.54) is 27.9 Å². The summed E-state index contributed by atoms with van der Waals surface area (Å²) < 4.78 is 7.38. The minimum absolute atomic E-state index is 0.325. The third kappa shape index (κ3) is 3.27. The first-order valence-corrected chi connectivity index (χ1v) is 8.11. The van der Waals surface area contributed by atoms with E-state index in [1.54, 1.807) is 7.11 Å². The average molecular weight is 315 g/mol. The molecule has 4 nitrogen and oxygen atoms in total. The number of hydrogen-bond donors (Lipinski definition) is 0. The molecule has 0 aliphatic rings. The Morgan fingerprint density at radius 3 is 2.35 bits per heavy atom. The van der Waals surface area contributed by atoms with Gasteiger partial charge in [-0.05, 0) is 64.4 Å². The van der Waals surface area contributed by atoms with Crippen LogP contribution in [-0.2, 0) is 13.6 Å². The standard InChI is InChI=1S/C19H29N3O/c1-12-13(2)18(23-8)10-9-17(12)11-21(6)15(4)19-14(3)20-22(7)16(19)5/h9-10,15H,11H2,1-8H3. The van der Waals surface area contributed by atoms with Gasteiger partial charge in [-0.1, -0.05) is 6.07 Å². The van der Waals surface area contributed by atoms with Gasteiger partial charge in [0, 0.05) is 30.9 Å². The first-order valence-electron chi connectivity index (χ1n) is 8.11. The summed E-state index contributed by atoms with van der Waals surface area (Å²) in [7, 11) is 5.91. The van der Waals surface area contributed by atoms with E-state index < -0.39 is 0 Å². The molecule has 0 N–H and O–H groups in total. The predicted octanol–water partition coefficient (Wildman–Crippen LogP) is 3.86. The van der Waals surface area contributed by atoms with Gasteiger partial charge in [0.15, 0.2) is 0 Å². The van der Waals surface area contributed by atoms with Crippen molar-refractivity contribution in [1.82, 2.24) is 14.7 Å². The summed E-state index contributed by atoms with van der Waals surface area (Å²) in [4.78, 5) is 2.38. The second-order valence-electron chi connectivity index (χ2n) is 6.48. The van der Waals surface area contributed by atoms with E-state index >= 15 is 0 Å². The third-order valence-corrected chi connectivity index (χ3v) is 5.13. The molecule has 0 radical (unpaired) electrons. The van der Waals surface area contributed by atoms with E-state index in [1.807, 2.05) is 11.7 Å². The van der Waals surface area contributed by atoms with Crippen LogP contribution in [0.5, 0.6) is 5.75 Å². The number of benzene rings is 1. The number of nitrogens with zero attached hydrogens (tertiary/aromatic N) is 3. The minimum atomic E-state index is 0.325. The largest absolute Gasteiger partial charge is 0.496 e. The number of aryl methyl sites for hydroxylation is 2. The molecule has 2 rings (SSSR count). The Balaban J connectivity index is 2.25. The van der Waals surface area contributed by atoms with Crippen molar-refractivity contribution in [2.75, 3.05) is 14.2 Å². The molecular weight excluding hydrogens is 286 g/mol. The molecule has 126 valence electrons. The van der Waals surface area contributed by atoms with E-state index in [-0.39, 0.29) is 0 Å². The molecule has 1 aromatic carbocycles. The van der Waals surface area contributed by atoms with Gasteiger partial charge in [-0.25, -0.2) is 0 Å². The summed E-state index contributed by atoms with van der Waals surface area (Å²) in [5.74, 6) is 0.959. The summed E-state index contributed by atoms with van der Waals surface area (Å²) in [6.45, 7) is 11.7. The highest BCUT2D eigenvalue weighted by atomic mass is 16.5. The van der Waals surface area contributed by atoms with Gasteiger partial charge in [0.05, 0.1) is 12.8 Å². The molecule has 0 saturated heterocycles. The Morgan fingerprint density at radius 2 is 1.83 bits per heavy atom. The van der Waals surface area contributed by atoms with Crippen molar-refractivity contribution in [3.8, 4) is 5.75 Å². The molecule has 1 atom stereocenters. The minimum Gasteiger partial charge on any atom is -0.496 e. The van der Waals surface area contributed by atoms with Gasteiger partial charge in [0.2, 0.25) is 0 Å². The Hall–Kier alpha value is -1.81. The summed E-state index contributed by atoms with van der Waals surface area (Å²) in [5, 5.41) is 4.55. The average Bonchev–Trinajstić information content (AvgIpc) is 2.76. The van der Waals surface area contributed by atoms with Gasteiger partial charge in [0.25, 0.3) is 0 Å². The van der Waals surface area contributed by atoms with Crippen LogP contribution in [0.3, 0.4) is 0 Å². The van der Waals surface area contributed by atoms with E-state index in [0.717, 1.165) is 18.0 Å². The molecular formula is C19H29N3O. The normalized spacial score (nSPS) is 12.7. The van der Waals surface area contributed by atoms with Crippen molar-refractivity contribution in [3.63, 3.8) is 0 Å². The second-order valence-corrected chi connectivity index (χ2v) is 6.48. The lowest BCUT2D eigenvalue weighted by atomic mass is 10.00. The zero-order valence-corrected chi connectivity index (χ0v) is 15.7. The SMILES string of the molecule is COc1ccc(CN(C)C(C)c2c(C)nn(C)c2C)c(C)c1C. The Morgan fingerprint density at radius 1 is 1.17 bits per heavy atom. The number of methoxy groups -OCH3 is 1. The Bertz CT molecular complexity index is 703. The molecule has 0 aliphatic heterocycles. The van der Waals surface area contributed by atoms with Crippen molar-refractivity contribution < 1.29 is 4.74 Å². The van der Waals surface area contributed by atoms with E-state index in [4.69, 9.17) is 4.74 Å². The lowest BCUT2D eigenvalue weighted by Crippen LogP contribution is -2.23. The van der Waals surface area contributed by atoms with Crippen LogP contribution < -0.4 is 4.74 Å². The van der Waals surface area contributed by atoms with Crippen molar-refractivity contribution in [1.29, 1.82) is 0 Å². The molecule has 1 heterocycles. The van der Waals surface area contributed by atoms with Crippen LogP contribution in [-0.4, -0.2) is 28.8 Å². The first-order chi connectivity index (χ1) is 10.8. The molecule has 0 bridgehead atoms. The molecule has 0 saturated carbocycles. The zero-order chi connectivity index (χ0) is 17.3. The third-order valence-electron chi connectivity index (χ3n) is 5.13. The number of rotatable bonds is 5. The van der Waals surface area contributed by atoms with E-state index in [9.17, 15) is 0 Å². The molecule has 0 fully saturated rings. The molecule has 0 spiro atoms. The summed E-state index contributed by atoms with van der Waals surface area (Å²) >= 11 is 0. The van der Waals surface area contributed by atoms with Crippen LogP contribution in [0.25, 0.3) is 0 Å². The van der Waals surface area contributed by atoms with Gasteiger partial charge in [-0.15, -0.1) is 0 Å². The van der Waals surface area contributed by atoms with Crippen LogP contribution >= 0.6 is 0 Å². The van der Waals surface area contributed by atoms with Crippen LogP contribution in [0.15, 0.2) is 12.1 Å². The summed E-state index contributed by atoms with van der Waals surface area (Å²) in [6.07, 6.45) is 0. The quantitative estimate of drug-likeness (QED) is 0.839. The Kier molecular flexibility index (Phi) is 5.15. The first kappa shape index (κ1) is 17.5. The van der Waals surface area contributed by atoms with E-state index in [2.05, 4.69) is 63.8 Å². The predicted molar refractivity (Wildman–Crippen MR) is 95.0 cm³/mol. The monoisotopic (exact) mass is 315 g/mol. The fraction of sp³-hybridized carbons (Fsp3) is 0.526. The van der Waals surface area contributed by atoms with Crippen LogP contribution in [0.1, 0.15) is 46.6 Å². The number of aromatic nitrogens is 2.